The molecule has 0 N–H and O–H groups in total. The van der Waals surface area contributed by atoms with Crippen LogP contribution in [0.4, 0.5) is 0 Å². The summed E-state index contributed by atoms with van der Waals surface area (Å²) in [5.74, 6) is 0. The molecule has 0 spiro atoms. The molecule has 12 heavy (non-hydrogen) atoms. The summed E-state index contributed by atoms with van der Waals surface area (Å²) in [7, 11) is 1.81. The van der Waals surface area contributed by atoms with Crippen LogP contribution in [0.3, 0.4) is 0 Å². The second kappa shape index (κ2) is 2.63. The molecule has 0 amide bonds. The Morgan fingerprint density at radius 1 is 1.58 bits per heavy atom. The van der Waals surface area contributed by atoms with Crippen molar-refractivity contribution in [3.63, 3.8) is 0 Å². The Bertz CT molecular complexity index is 273. The molecule has 0 bridgehead atoms. The molecule has 1 aliphatic carbocycles. The fourth-order valence-electron chi connectivity index (χ4n) is 1.78. The molecule has 1 aromatic heterocycles. The molecule has 2 nitrogen and oxygen atoms in total. The summed E-state index contributed by atoms with van der Waals surface area (Å²) in [6, 6.07) is 4.26. The van der Waals surface area contributed by atoms with Crippen molar-refractivity contribution in [3.05, 3.63) is 24.0 Å². The van der Waals surface area contributed by atoms with Crippen molar-refractivity contribution in [1.29, 1.82) is 0 Å². The maximum absolute atomic E-state index is 5.51. The first-order valence-electron chi connectivity index (χ1n) is 4.53. The third-order valence-corrected chi connectivity index (χ3v) is 2.73. The number of hydrogen-bond donors (Lipinski definition) is 0. The predicted octanol–water partition coefficient (Wildman–Crippen LogP) is 2.14. The van der Waals surface area contributed by atoms with Crippen LogP contribution in [-0.4, -0.2) is 11.7 Å². The number of ether oxygens (including phenoxy) is 1. The largest absolute Gasteiger partial charge is 0.372 e. The Labute approximate surface area is 73.1 Å². The Hall–Kier alpha value is -0.760. The maximum atomic E-state index is 5.51. The molecule has 1 aliphatic rings. The van der Waals surface area contributed by atoms with Gasteiger partial charge in [0.1, 0.15) is 5.60 Å². The fourth-order valence-corrected chi connectivity index (χ4v) is 1.78. The number of aromatic nitrogens is 1. The first-order valence-corrected chi connectivity index (χ1v) is 4.53. The molecule has 0 aliphatic heterocycles. The lowest BCUT2D eigenvalue weighted by Crippen LogP contribution is -2.14. The topological polar surface area (TPSA) is 14.2 Å². The van der Waals surface area contributed by atoms with E-state index in [9.17, 15) is 0 Å². The van der Waals surface area contributed by atoms with Crippen molar-refractivity contribution in [2.75, 3.05) is 7.11 Å². The summed E-state index contributed by atoms with van der Waals surface area (Å²) in [6.45, 7) is 3.20. The van der Waals surface area contributed by atoms with E-state index < -0.39 is 0 Å². The van der Waals surface area contributed by atoms with Crippen LogP contribution < -0.4 is 0 Å². The van der Waals surface area contributed by atoms with Gasteiger partial charge in [-0.15, -0.1) is 0 Å². The van der Waals surface area contributed by atoms with Gasteiger partial charge in [-0.3, -0.25) is 0 Å². The van der Waals surface area contributed by atoms with Crippen molar-refractivity contribution in [3.8, 4) is 0 Å². The van der Waals surface area contributed by atoms with Gasteiger partial charge in [-0.1, -0.05) is 0 Å². The standard InChI is InChI=1S/C10H15NO/c1-3-11-8-4-5-9(11)10(12-2)6-7-10/h4-5,8H,3,6-7H2,1-2H3. The van der Waals surface area contributed by atoms with Crippen molar-refractivity contribution < 1.29 is 4.74 Å². The summed E-state index contributed by atoms with van der Waals surface area (Å²) in [5, 5.41) is 0. The number of methoxy groups -OCH3 is 1. The third-order valence-electron chi connectivity index (χ3n) is 2.73. The van der Waals surface area contributed by atoms with Gasteiger partial charge in [0, 0.05) is 25.5 Å². The number of aryl methyl sites for hydroxylation is 1. The van der Waals surface area contributed by atoms with Gasteiger partial charge in [-0.25, -0.2) is 0 Å². The van der Waals surface area contributed by atoms with Gasteiger partial charge in [0.15, 0.2) is 0 Å². The Kier molecular flexibility index (Phi) is 1.72. The van der Waals surface area contributed by atoms with Crippen molar-refractivity contribution >= 4 is 0 Å². The summed E-state index contributed by atoms with van der Waals surface area (Å²) in [6.07, 6.45) is 4.47. The smallest absolute Gasteiger partial charge is 0.108 e. The Morgan fingerprint density at radius 2 is 2.33 bits per heavy atom. The summed E-state index contributed by atoms with van der Waals surface area (Å²) in [4.78, 5) is 0. The summed E-state index contributed by atoms with van der Waals surface area (Å²) in [5.41, 5.74) is 1.41. The second-order valence-corrected chi connectivity index (χ2v) is 3.38. The molecule has 2 rings (SSSR count). The molecule has 0 radical (unpaired) electrons. The molecular formula is C10H15NO. The molecule has 1 aromatic rings. The summed E-state index contributed by atoms with van der Waals surface area (Å²) < 4.78 is 7.78. The average Bonchev–Trinajstić information content (AvgIpc) is 2.76. The molecule has 1 saturated carbocycles. The van der Waals surface area contributed by atoms with Gasteiger partial charge in [0.2, 0.25) is 0 Å². The lowest BCUT2D eigenvalue weighted by Gasteiger charge is -2.15. The highest BCUT2D eigenvalue weighted by molar-refractivity contribution is 5.22. The van der Waals surface area contributed by atoms with Gasteiger partial charge in [-0.05, 0) is 31.9 Å². The zero-order chi connectivity index (χ0) is 8.60. The molecule has 0 saturated heterocycles. The van der Waals surface area contributed by atoms with E-state index >= 15 is 0 Å². The highest BCUT2D eigenvalue weighted by Crippen LogP contribution is 2.48. The third kappa shape index (κ3) is 0.985. The van der Waals surface area contributed by atoms with Crippen LogP contribution in [0.1, 0.15) is 25.5 Å². The van der Waals surface area contributed by atoms with E-state index in [0.717, 1.165) is 6.54 Å². The van der Waals surface area contributed by atoms with Crippen LogP contribution >= 0.6 is 0 Å². The number of rotatable bonds is 3. The van der Waals surface area contributed by atoms with E-state index in [1.54, 1.807) is 7.11 Å². The van der Waals surface area contributed by atoms with Gasteiger partial charge in [-0.2, -0.15) is 0 Å². The normalized spacial score (nSPS) is 19.5. The average molecular weight is 165 g/mol. The first kappa shape index (κ1) is 7.87. The van der Waals surface area contributed by atoms with Crippen molar-refractivity contribution in [2.24, 2.45) is 0 Å². The van der Waals surface area contributed by atoms with Gasteiger partial charge in [0.05, 0.1) is 0 Å². The monoisotopic (exact) mass is 165 g/mol. The van der Waals surface area contributed by atoms with Crippen LogP contribution in [0.25, 0.3) is 0 Å². The fraction of sp³-hybridized carbons (Fsp3) is 0.600. The van der Waals surface area contributed by atoms with Gasteiger partial charge >= 0.3 is 0 Å². The molecule has 1 heterocycles. The molecule has 0 aromatic carbocycles. The van der Waals surface area contributed by atoms with E-state index in [1.807, 2.05) is 0 Å². The molecule has 2 heteroatoms. The molecular weight excluding hydrogens is 150 g/mol. The van der Waals surface area contributed by atoms with Crippen molar-refractivity contribution in [1.82, 2.24) is 4.57 Å². The highest BCUT2D eigenvalue weighted by atomic mass is 16.5. The van der Waals surface area contributed by atoms with Crippen LogP contribution in [0, 0.1) is 0 Å². The van der Waals surface area contributed by atoms with E-state index in [0.29, 0.717) is 0 Å². The van der Waals surface area contributed by atoms with Crippen LogP contribution in [0.2, 0.25) is 0 Å². The summed E-state index contributed by atoms with van der Waals surface area (Å²) >= 11 is 0. The van der Waals surface area contributed by atoms with Crippen molar-refractivity contribution in [2.45, 2.75) is 31.9 Å². The highest BCUT2D eigenvalue weighted by Gasteiger charge is 2.46. The van der Waals surface area contributed by atoms with E-state index in [1.165, 1.54) is 18.5 Å². The SMILES string of the molecule is CCn1cccc1C1(OC)CC1. The maximum Gasteiger partial charge on any atom is 0.108 e. The minimum absolute atomic E-state index is 0.0690. The number of nitrogens with zero attached hydrogens (tertiary/aromatic N) is 1. The minimum Gasteiger partial charge on any atom is -0.372 e. The Morgan fingerprint density at radius 3 is 2.83 bits per heavy atom. The Balaban J connectivity index is 2.32. The quantitative estimate of drug-likeness (QED) is 0.669. The second-order valence-electron chi connectivity index (χ2n) is 3.38. The lowest BCUT2D eigenvalue weighted by atomic mass is 10.2. The molecule has 1 fully saturated rings. The molecule has 0 atom stereocenters. The molecule has 0 unspecified atom stereocenters. The van der Waals surface area contributed by atoms with E-state index in [4.69, 9.17) is 4.74 Å². The van der Waals surface area contributed by atoms with E-state index in [2.05, 4.69) is 29.8 Å². The zero-order valence-electron chi connectivity index (χ0n) is 7.71. The van der Waals surface area contributed by atoms with Crippen LogP contribution in [0.15, 0.2) is 18.3 Å². The minimum atomic E-state index is 0.0690. The van der Waals surface area contributed by atoms with Gasteiger partial charge in [0.25, 0.3) is 0 Å². The van der Waals surface area contributed by atoms with Gasteiger partial charge < -0.3 is 9.30 Å². The zero-order valence-corrected chi connectivity index (χ0v) is 7.71. The first-order chi connectivity index (χ1) is 5.82. The van der Waals surface area contributed by atoms with E-state index in [-0.39, 0.29) is 5.60 Å². The van der Waals surface area contributed by atoms with Crippen LogP contribution in [-0.2, 0) is 16.9 Å². The lowest BCUT2D eigenvalue weighted by molar-refractivity contribution is 0.0720. The number of hydrogen-bond acceptors (Lipinski definition) is 1. The van der Waals surface area contributed by atoms with Crippen LogP contribution in [0.5, 0.6) is 0 Å². The predicted molar refractivity (Wildman–Crippen MR) is 48.0 cm³/mol. The molecule has 66 valence electrons.